The second kappa shape index (κ2) is 11.7. The lowest BCUT2D eigenvalue weighted by molar-refractivity contribution is -0.00787. The van der Waals surface area contributed by atoms with Crippen molar-refractivity contribution in [1.82, 2.24) is 20.4 Å². The SMILES string of the molecule is CC(C)(C)OC(=O)N(NC1CCN(c2nc3ccc(Cl)cc3s2)CC1)C1CCN(c2nc3ccc(Cl)cc3s2)CC1. The van der Waals surface area contributed by atoms with Gasteiger partial charge in [-0.15, -0.1) is 0 Å². The molecule has 2 aromatic heterocycles. The zero-order chi connectivity index (χ0) is 28.7. The maximum absolute atomic E-state index is 13.4. The molecule has 0 aliphatic carbocycles. The molecule has 0 bridgehead atoms. The molecule has 12 heteroatoms. The number of ether oxygens (including phenoxy) is 1. The topological polar surface area (TPSA) is 73.8 Å². The highest BCUT2D eigenvalue weighted by Gasteiger charge is 2.34. The molecule has 1 N–H and O–H groups in total. The number of hydrazine groups is 1. The molecule has 0 atom stereocenters. The zero-order valence-corrected chi connectivity index (χ0v) is 26.5. The van der Waals surface area contributed by atoms with Crippen molar-refractivity contribution in [2.75, 3.05) is 36.0 Å². The number of hydrogen-bond donors (Lipinski definition) is 1. The smallest absolute Gasteiger partial charge is 0.425 e. The number of carbonyl (C=O) groups is 1. The molecule has 2 aliphatic heterocycles. The van der Waals surface area contributed by atoms with Crippen LogP contribution in [-0.4, -0.2) is 64.9 Å². The Hall–Kier alpha value is -2.37. The number of piperidine rings is 2. The van der Waals surface area contributed by atoms with E-state index in [1.165, 1.54) is 0 Å². The lowest BCUT2D eigenvalue weighted by Gasteiger charge is -2.42. The number of nitrogens with zero attached hydrogens (tertiary/aromatic N) is 5. The van der Waals surface area contributed by atoms with Crippen molar-refractivity contribution >= 4 is 82.7 Å². The maximum atomic E-state index is 13.4. The number of nitrogens with one attached hydrogen (secondary N) is 1. The molecule has 0 radical (unpaired) electrons. The van der Waals surface area contributed by atoms with Crippen molar-refractivity contribution in [3.63, 3.8) is 0 Å². The fourth-order valence-electron chi connectivity index (χ4n) is 5.37. The molecule has 4 heterocycles. The molecule has 0 spiro atoms. The molecule has 2 aromatic carbocycles. The summed E-state index contributed by atoms with van der Waals surface area (Å²) in [6.07, 6.45) is 3.16. The molecule has 6 rings (SSSR count). The number of benzene rings is 2. The van der Waals surface area contributed by atoms with Crippen LogP contribution in [0.25, 0.3) is 20.4 Å². The predicted molar refractivity (Wildman–Crippen MR) is 171 cm³/mol. The lowest BCUT2D eigenvalue weighted by atomic mass is 10.0. The van der Waals surface area contributed by atoms with Gasteiger partial charge in [0.2, 0.25) is 0 Å². The van der Waals surface area contributed by atoms with E-state index in [2.05, 4.69) is 15.2 Å². The maximum Gasteiger partial charge on any atom is 0.425 e. The largest absolute Gasteiger partial charge is 0.443 e. The second-order valence-electron chi connectivity index (χ2n) is 11.7. The number of halogens is 2. The Balaban J connectivity index is 1.10. The van der Waals surface area contributed by atoms with Gasteiger partial charge in [-0.2, -0.15) is 0 Å². The molecule has 0 unspecified atom stereocenters. The fourth-order valence-corrected chi connectivity index (χ4v) is 7.96. The van der Waals surface area contributed by atoms with Gasteiger partial charge in [-0.1, -0.05) is 45.9 Å². The molecular formula is C29H34Cl2N6O2S2. The van der Waals surface area contributed by atoms with Crippen LogP contribution in [0.5, 0.6) is 0 Å². The minimum absolute atomic E-state index is 0.0389. The van der Waals surface area contributed by atoms with Crippen LogP contribution in [-0.2, 0) is 4.74 Å². The second-order valence-corrected chi connectivity index (χ2v) is 14.6. The highest BCUT2D eigenvalue weighted by molar-refractivity contribution is 7.22. The summed E-state index contributed by atoms with van der Waals surface area (Å²) in [7, 11) is 0. The van der Waals surface area contributed by atoms with Gasteiger partial charge in [0.25, 0.3) is 0 Å². The molecule has 2 saturated heterocycles. The number of thiazole rings is 2. The Kier molecular flexibility index (Phi) is 8.22. The summed E-state index contributed by atoms with van der Waals surface area (Å²) >= 11 is 15.7. The highest BCUT2D eigenvalue weighted by Crippen LogP contribution is 2.34. The molecule has 2 fully saturated rings. The first-order valence-corrected chi connectivity index (χ1v) is 16.4. The summed E-state index contributed by atoms with van der Waals surface area (Å²) in [5, 5.41) is 5.26. The van der Waals surface area contributed by atoms with Crippen LogP contribution in [0.4, 0.5) is 15.1 Å². The van der Waals surface area contributed by atoms with E-state index in [4.69, 9.17) is 37.9 Å². The Labute approximate surface area is 258 Å². The van der Waals surface area contributed by atoms with E-state index in [0.717, 1.165) is 92.6 Å². The zero-order valence-electron chi connectivity index (χ0n) is 23.4. The van der Waals surface area contributed by atoms with Crippen LogP contribution in [0.3, 0.4) is 0 Å². The molecule has 8 nitrogen and oxygen atoms in total. The minimum Gasteiger partial charge on any atom is -0.443 e. The van der Waals surface area contributed by atoms with E-state index in [-0.39, 0.29) is 18.2 Å². The predicted octanol–water partition coefficient (Wildman–Crippen LogP) is 7.59. The van der Waals surface area contributed by atoms with Crippen molar-refractivity contribution in [1.29, 1.82) is 0 Å². The third kappa shape index (κ3) is 6.67. The van der Waals surface area contributed by atoms with E-state index in [1.807, 2.05) is 57.2 Å². The van der Waals surface area contributed by atoms with Gasteiger partial charge in [0.15, 0.2) is 10.3 Å². The van der Waals surface area contributed by atoms with E-state index in [1.54, 1.807) is 27.7 Å². The van der Waals surface area contributed by atoms with E-state index in [0.29, 0.717) is 0 Å². The third-order valence-electron chi connectivity index (χ3n) is 7.46. The van der Waals surface area contributed by atoms with Crippen LogP contribution in [0, 0.1) is 0 Å². The van der Waals surface area contributed by atoms with Gasteiger partial charge in [-0.05, 0) is 82.9 Å². The van der Waals surface area contributed by atoms with Gasteiger partial charge in [-0.3, -0.25) is 0 Å². The van der Waals surface area contributed by atoms with Crippen LogP contribution >= 0.6 is 45.9 Å². The number of anilines is 2. The van der Waals surface area contributed by atoms with Crippen molar-refractivity contribution in [2.24, 2.45) is 0 Å². The van der Waals surface area contributed by atoms with Crippen LogP contribution in [0.15, 0.2) is 36.4 Å². The van der Waals surface area contributed by atoms with Crippen LogP contribution in [0.2, 0.25) is 10.0 Å². The van der Waals surface area contributed by atoms with Gasteiger partial charge in [0.1, 0.15) is 5.60 Å². The number of fused-ring (bicyclic) bond motifs is 2. The standard InChI is InChI=1S/C29H34Cl2N6O2S2/c1-29(2,3)39-28(38)37(21-10-14-36(15-11-21)27-33-23-7-5-19(31)17-25(23)41-27)34-20-8-12-35(13-9-20)26-32-22-6-4-18(30)16-24(22)40-26/h4-7,16-17,20-21,34H,8-15H2,1-3H3. The summed E-state index contributed by atoms with van der Waals surface area (Å²) in [5.74, 6) is 0. The summed E-state index contributed by atoms with van der Waals surface area (Å²) in [6, 6.07) is 11.9. The van der Waals surface area contributed by atoms with Crippen molar-refractivity contribution in [2.45, 2.75) is 64.1 Å². The van der Waals surface area contributed by atoms with Gasteiger partial charge in [-0.25, -0.2) is 25.2 Å². The highest BCUT2D eigenvalue weighted by atomic mass is 35.5. The average Bonchev–Trinajstić information content (AvgIpc) is 3.55. The Morgan fingerprint density at radius 1 is 0.878 bits per heavy atom. The third-order valence-corrected chi connectivity index (χ3v) is 10.1. The van der Waals surface area contributed by atoms with Crippen molar-refractivity contribution < 1.29 is 9.53 Å². The Bertz CT molecular complexity index is 1540. The van der Waals surface area contributed by atoms with Gasteiger partial charge < -0.3 is 14.5 Å². The van der Waals surface area contributed by atoms with Crippen molar-refractivity contribution in [3.8, 4) is 0 Å². The number of aromatic nitrogens is 2. The van der Waals surface area contributed by atoms with Crippen LogP contribution in [0.1, 0.15) is 46.5 Å². The first-order valence-electron chi connectivity index (χ1n) is 14.0. The minimum atomic E-state index is -0.570. The molecular weight excluding hydrogens is 599 g/mol. The fraction of sp³-hybridized carbons (Fsp3) is 0.483. The molecule has 218 valence electrons. The normalized spacial score (nSPS) is 17.5. The number of rotatable bonds is 5. The Morgan fingerprint density at radius 3 is 1.85 bits per heavy atom. The monoisotopic (exact) mass is 632 g/mol. The number of amides is 1. The number of carbonyl (C=O) groups excluding carboxylic acids is 1. The van der Waals surface area contributed by atoms with Crippen molar-refractivity contribution in [3.05, 3.63) is 46.4 Å². The van der Waals surface area contributed by atoms with Gasteiger partial charge >= 0.3 is 6.09 Å². The molecule has 4 aromatic rings. The van der Waals surface area contributed by atoms with Gasteiger partial charge in [0, 0.05) is 42.3 Å². The summed E-state index contributed by atoms with van der Waals surface area (Å²) in [6.45, 7) is 9.11. The van der Waals surface area contributed by atoms with Crippen LogP contribution < -0.4 is 15.2 Å². The molecule has 0 saturated carbocycles. The summed E-state index contributed by atoms with van der Waals surface area (Å²) in [5.41, 5.74) is 4.96. The Morgan fingerprint density at radius 2 is 1.37 bits per heavy atom. The first kappa shape index (κ1) is 28.7. The van der Waals surface area contributed by atoms with E-state index >= 15 is 0 Å². The molecule has 2 aliphatic rings. The average molecular weight is 634 g/mol. The summed E-state index contributed by atoms with van der Waals surface area (Å²) < 4.78 is 8.04. The first-order chi connectivity index (χ1) is 19.6. The summed E-state index contributed by atoms with van der Waals surface area (Å²) in [4.78, 5) is 27.7. The number of hydrogen-bond acceptors (Lipinski definition) is 9. The van der Waals surface area contributed by atoms with Gasteiger partial charge in [0.05, 0.1) is 26.5 Å². The quantitative estimate of drug-likeness (QED) is 0.227. The molecule has 41 heavy (non-hydrogen) atoms. The van der Waals surface area contributed by atoms with E-state index in [9.17, 15) is 4.79 Å². The molecule has 1 amide bonds. The van der Waals surface area contributed by atoms with E-state index < -0.39 is 5.60 Å². The lowest BCUT2D eigenvalue weighted by Crippen LogP contribution is -2.59.